The van der Waals surface area contributed by atoms with Gasteiger partial charge in [0.25, 0.3) is 0 Å². The number of rotatable bonds is 5. The van der Waals surface area contributed by atoms with E-state index >= 15 is 0 Å². The van der Waals surface area contributed by atoms with Crippen molar-refractivity contribution in [2.24, 2.45) is 0 Å². The molecule has 2 aliphatic rings. The Morgan fingerprint density at radius 1 is 0.909 bits per heavy atom. The Kier molecular flexibility index (Phi) is 5.41. The van der Waals surface area contributed by atoms with Crippen molar-refractivity contribution in [3.05, 3.63) is 12.3 Å². The Hall–Kier alpha value is -1.45. The number of aromatic nitrogens is 1. The summed E-state index contributed by atoms with van der Waals surface area (Å²) in [5.41, 5.74) is 1.11. The quantitative estimate of drug-likeness (QED) is 0.836. The van der Waals surface area contributed by atoms with Gasteiger partial charge in [0.2, 0.25) is 0 Å². The predicted octanol–water partition coefficient (Wildman–Crippen LogP) is 4.58. The number of hydrogen-bond donors (Lipinski definition) is 2. The molecule has 0 unspecified atom stereocenters. The van der Waals surface area contributed by atoms with E-state index in [9.17, 15) is 0 Å². The first-order chi connectivity index (χ1) is 10.8. The molecule has 1 aromatic heterocycles. The molecule has 0 bridgehead atoms. The number of anilines is 2. The van der Waals surface area contributed by atoms with Crippen molar-refractivity contribution in [1.29, 1.82) is 0 Å². The molecule has 122 valence electrons. The molecule has 2 aliphatic carbocycles. The van der Waals surface area contributed by atoms with E-state index in [0.717, 1.165) is 17.3 Å². The summed E-state index contributed by atoms with van der Waals surface area (Å²) in [5, 5.41) is 7.37. The molecule has 0 saturated heterocycles. The van der Waals surface area contributed by atoms with Crippen LogP contribution in [0.25, 0.3) is 0 Å². The van der Waals surface area contributed by atoms with Crippen molar-refractivity contribution < 1.29 is 4.74 Å². The minimum Gasteiger partial charge on any atom is -0.495 e. The lowest BCUT2D eigenvalue weighted by Gasteiger charge is -2.28. The van der Waals surface area contributed by atoms with Gasteiger partial charge in [0.1, 0.15) is 11.6 Å². The van der Waals surface area contributed by atoms with E-state index in [4.69, 9.17) is 4.74 Å². The molecule has 4 heteroatoms. The van der Waals surface area contributed by atoms with Crippen LogP contribution in [0.5, 0.6) is 5.75 Å². The summed E-state index contributed by atoms with van der Waals surface area (Å²) < 4.78 is 5.36. The summed E-state index contributed by atoms with van der Waals surface area (Å²) in [7, 11) is 1.70. The summed E-state index contributed by atoms with van der Waals surface area (Å²) >= 11 is 0. The fourth-order valence-electron chi connectivity index (χ4n) is 3.69. The Balaban J connectivity index is 1.71. The van der Waals surface area contributed by atoms with Gasteiger partial charge in [-0.2, -0.15) is 0 Å². The molecule has 1 heterocycles. The number of ether oxygens (including phenoxy) is 1. The molecule has 0 amide bonds. The Morgan fingerprint density at radius 3 is 2.09 bits per heavy atom. The molecule has 0 aromatic carbocycles. The standard InChI is InChI=1S/C18H29N3O/c1-22-16-12-17(20-14-8-4-2-5-9-14)18(19-13-16)21-15-10-6-3-7-11-15/h12-15,20H,2-11H2,1H3,(H,19,21). The van der Waals surface area contributed by atoms with E-state index < -0.39 is 0 Å². The lowest BCUT2D eigenvalue weighted by Crippen LogP contribution is -2.26. The van der Waals surface area contributed by atoms with Gasteiger partial charge in [-0.25, -0.2) is 4.98 Å². The van der Waals surface area contributed by atoms with Crippen molar-refractivity contribution >= 4 is 11.5 Å². The Bertz CT molecular complexity index is 465. The highest BCUT2D eigenvalue weighted by atomic mass is 16.5. The van der Waals surface area contributed by atoms with Gasteiger partial charge in [0.05, 0.1) is 19.0 Å². The largest absolute Gasteiger partial charge is 0.495 e. The summed E-state index contributed by atoms with van der Waals surface area (Å²) in [6.45, 7) is 0. The second-order valence-corrected chi connectivity index (χ2v) is 6.73. The van der Waals surface area contributed by atoms with E-state index in [2.05, 4.69) is 21.7 Å². The molecule has 2 N–H and O–H groups in total. The third-order valence-electron chi connectivity index (χ3n) is 5.01. The molecule has 0 spiro atoms. The summed E-state index contributed by atoms with van der Waals surface area (Å²) in [5.74, 6) is 1.82. The van der Waals surface area contributed by atoms with Crippen molar-refractivity contribution in [2.45, 2.75) is 76.3 Å². The molecule has 0 atom stereocenters. The molecular formula is C18H29N3O. The molecule has 2 fully saturated rings. The average Bonchev–Trinajstić information content (AvgIpc) is 2.58. The second kappa shape index (κ2) is 7.70. The van der Waals surface area contributed by atoms with Crippen LogP contribution in [0.15, 0.2) is 12.3 Å². The van der Waals surface area contributed by atoms with Crippen molar-refractivity contribution in [3.63, 3.8) is 0 Å². The van der Waals surface area contributed by atoms with Gasteiger partial charge in [0.15, 0.2) is 0 Å². The highest BCUT2D eigenvalue weighted by molar-refractivity contribution is 5.67. The fourth-order valence-corrected chi connectivity index (χ4v) is 3.69. The fraction of sp³-hybridized carbons (Fsp3) is 0.722. The van der Waals surface area contributed by atoms with Gasteiger partial charge in [-0.05, 0) is 25.7 Å². The third kappa shape index (κ3) is 4.05. The van der Waals surface area contributed by atoms with E-state index in [-0.39, 0.29) is 0 Å². The monoisotopic (exact) mass is 303 g/mol. The predicted molar refractivity (Wildman–Crippen MR) is 91.8 cm³/mol. The minimum absolute atomic E-state index is 0.571. The Labute approximate surface area is 134 Å². The zero-order valence-electron chi connectivity index (χ0n) is 13.7. The molecule has 0 radical (unpaired) electrons. The van der Waals surface area contributed by atoms with Crippen LogP contribution in [-0.4, -0.2) is 24.2 Å². The first kappa shape index (κ1) is 15.4. The smallest absolute Gasteiger partial charge is 0.149 e. The Morgan fingerprint density at radius 2 is 1.50 bits per heavy atom. The van der Waals surface area contributed by atoms with Gasteiger partial charge in [0, 0.05) is 18.2 Å². The first-order valence-electron chi connectivity index (χ1n) is 8.92. The SMILES string of the molecule is COc1cnc(NC2CCCCC2)c(NC2CCCCC2)c1. The first-order valence-corrected chi connectivity index (χ1v) is 8.92. The van der Waals surface area contributed by atoms with Gasteiger partial charge >= 0.3 is 0 Å². The maximum atomic E-state index is 5.36. The summed E-state index contributed by atoms with van der Waals surface area (Å²) in [6, 6.07) is 3.24. The molecule has 22 heavy (non-hydrogen) atoms. The lowest BCUT2D eigenvalue weighted by atomic mass is 9.95. The van der Waals surface area contributed by atoms with Crippen LogP contribution in [0.4, 0.5) is 11.5 Å². The third-order valence-corrected chi connectivity index (χ3v) is 5.01. The van der Waals surface area contributed by atoms with Crippen molar-refractivity contribution in [3.8, 4) is 5.75 Å². The number of hydrogen-bond acceptors (Lipinski definition) is 4. The van der Waals surface area contributed by atoms with E-state index in [1.165, 1.54) is 64.2 Å². The van der Waals surface area contributed by atoms with Crippen LogP contribution in [0, 0.1) is 0 Å². The second-order valence-electron chi connectivity index (χ2n) is 6.73. The molecule has 1 aromatic rings. The lowest BCUT2D eigenvalue weighted by molar-refractivity contribution is 0.412. The van der Waals surface area contributed by atoms with Gasteiger partial charge in [-0.3, -0.25) is 0 Å². The number of methoxy groups -OCH3 is 1. The van der Waals surface area contributed by atoms with Gasteiger partial charge in [-0.1, -0.05) is 38.5 Å². The number of nitrogens with zero attached hydrogens (tertiary/aromatic N) is 1. The molecule has 3 rings (SSSR count). The zero-order valence-corrected chi connectivity index (χ0v) is 13.7. The van der Waals surface area contributed by atoms with Crippen LogP contribution >= 0.6 is 0 Å². The average molecular weight is 303 g/mol. The van der Waals surface area contributed by atoms with Crippen LogP contribution in [-0.2, 0) is 0 Å². The van der Waals surface area contributed by atoms with E-state index in [1.807, 2.05) is 6.20 Å². The van der Waals surface area contributed by atoms with Crippen molar-refractivity contribution in [1.82, 2.24) is 4.98 Å². The van der Waals surface area contributed by atoms with Crippen LogP contribution in [0.2, 0.25) is 0 Å². The molecular weight excluding hydrogens is 274 g/mol. The van der Waals surface area contributed by atoms with Crippen LogP contribution in [0.3, 0.4) is 0 Å². The maximum absolute atomic E-state index is 5.36. The van der Waals surface area contributed by atoms with Crippen LogP contribution < -0.4 is 15.4 Å². The molecule has 0 aliphatic heterocycles. The van der Waals surface area contributed by atoms with E-state index in [1.54, 1.807) is 7.11 Å². The van der Waals surface area contributed by atoms with Gasteiger partial charge < -0.3 is 15.4 Å². The normalized spacial score (nSPS) is 20.6. The maximum Gasteiger partial charge on any atom is 0.149 e. The molecule has 2 saturated carbocycles. The zero-order chi connectivity index (χ0) is 15.2. The number of pyridine rings is 1. The minimum atomic E-state index is 0.571. The van der Waals surface area contributed by atoms with Crippen molar-refractivity contribution in [2.75, 3.05) is 17.7 Å². The summed E-state index contributed by atoms with van der Waals surface area (Å²) in [6.07, 6.45) is 15.0. The topological polar surface area (TPSA) is 46.2 Å². The highest BCUT2D eigenvalue weighted by Crippen LogP contribution is 2.30. The highest BCUT2D eigenvalue weighted by Gasteiger charge is 2.18. The number of nitrogens with one attached hydrogen (secondary N) is 2. The summed E-state index contributed by atoms with van der Waals surface area (Å²) in [4.78, 5) is 4.61. The van der Waals surface area contributed by atoms with Gasteiger partial charge in [-0.15, -0.1) is 0 Å². The van der Waals surface area contributed by atoms with E-state index in [0.29, 0.717) is 12.1 Å². The van der Waals surface area contributed by atoms with Crippen LogP contribution in [0.1, 0.15) is 64.2 Å². The molecule has 4 nitrogen and oxygen atoms in total.